The van der Waals surface area contributed by atoms with Crippen LogP contribution in [0.1, 0.15) is 17.0 Å². The zero-order chi connectivity index (χ0) is 13.9. The van der Waals surface area contributed by atoms with E-state index in [9.17, 15) is 5.11 Å². The number of hydrogen-bond acceptors (Lipinski definition) is 3. The molecule has 1 aliphatic rings. The largest absolute Gasteiger partial charge is 0.493 e. The topological polar surface area (TPSA) is 38.7 Å². The van der Waals surface area contributed by atoms with E-state index in [-0.39, 0.29) is 12.5 Å². The van der Waals surface area contributed by atoms with Gasteiger partial charge in [0.15, 0.2) is 0 Å². The zero-order valence-corrected chi connectivity index (χ0v) is 11.6. The lowest BCUT2D eigenvalue weighted by Gasteiger charge is -2.14. The van der Waals surface area contributed by atoms with Crippen LogP contribution in [0.5, 0.6) is 11.5 Å². The summed E-state index contributed by atoms with van der Waals surface area (Å²) >= 11 is 5.90. The highest BCUT2D eigenvalue weighted by Gasteiger charge is 2.24. The Balaban J connectivity index is 1.72. The minimum absolute atomic E-state index is 0.0896. The predicted octanol–water partition coefficient (Wildman–Crippen LogP) is 3.39. The first kappa shape index (κ1) is 13.3. The molecule has 20 heavy (non-hydrogen) atoms. The molecule has 3 nitrogen and oxygen atoms in total. The van der Waals surface area contributed by atoms with Gasteiger partial charge in [0.05, 0.1) is 25.7 Å². The smallest absolute Gasteiger partial charge is 0.124 e. The number of fused-ring (bicyclic) bond motifs is 1. The van der Waals surface area contributed by atoms with Crippen molar-refractivity contribution in [3.63, 3.8) is 0 Å². The molecule has 2 aromatic carbocycles. The van der Waals surface area contributed by atoms with Crippen LogP contribution in [-0.4, -0.2) is 18.3 Å². The van der Waals surface area contributed by atoms with E-state index in [1.165, 1.54) is 5.56 Å². The number of aliphatic hydroxyl groups is 1. The second-order valence-corrected chi connectivity index (χ2v) is 5.20. The molecule has 0 aliphatic carbocycles. The molecule has 104 valence electrons. The fraction of sp³-hybridized carbons (Fsp3) is 0.250. The highest BCUT2D eigenvalue weighted by molar-refractivity contribution is 6.30. The number of ether oxygens (including phenoxy) is 2. The van der Waals surface area contributed by atoms with Crippen LogP contribution in [-0.2, 0) is 6.61 Å². The van der Waals surface area contributed by atoms with Crippen molar-refractivity contribution in [2.45, 2.75) is 12.5 Å². The molecular weight excluding hydrogens is 276 g/mol. The van der Waals surface area contributed by atoms with E-state index in [0.29, 0.717) is 29.5 Å². The number of para-hydroxylation sites is 1. The lowest BCUT2D eigenvalue weighted by Crippen LogP contribution is -2.12. The first-order valence-electron chi connectivity index (χ1n) is 6.51. The summed E-state index contributed by atoms with van der Waals surface area (Å²) in [7, 11) is 0. The second-order valence-electron chi connectivity index (χ2n) is 4.77. The maximum atomic E-state index is 9.33. The fourth-order valence-electron chi connectivity index (χ4n) is 2.37. The number of aliphatic hydroxyl groups excluding tert-OH is 1. The number of rotatable bonds is 4. The Bertz CT molecular complexity index is 612. The average Bonchev–Trinajstić information content (AvgIpc) is 2.89. The predicted molar refractivity (Wildman–Crippen MR) is 77.5 cm³/mol. The van der Waals surface area contributed by atoms with Crippen LogP contribution in [0.2, 0.25) is 5.02 Å². The summed E-state index contributed by atoms with van der Waals surface area (Å²) < 4.78 is 11.4. The first-order valence-corrected chi connectivity index (χ1v) is 6.89. The molecule has 0 radical (unpaired) electrons. The average molecular weight is 291 g/mol. The monoisotopic (exact) mass is 290 g/mol. The van der Waals surface area contributed by atoms with Crippen LogP contribution < -0.4 is 9.47 Å². The molecule has 1 atom stereocenters. The maximum Gasteiger partial charge on any atom is 0.124 e. The third-order valence-electron chi connectivity index (χ3n) is 3.43. The van der Waals surface area contributed by atoms with E-state index in [0.717, 1.165) is 5.75 Å². The third kappa shape index (κ3) is 2.60. The van der Waals surface area contributed by atoms with Crippen molar-refractivity contribution >= 4 is 11.6 Å². The molecule has 1 N–H and O–H groups in total. The van der Waals surface area contributed by atoms with Crippen molar-refractivity contribution in [2.24, 2.45) is 0 Å². The summed E-state index contributed by atoms with van der Waals surface area (Å²) in [6, 6.07) is 13.3. The molecule has 0 saturated carbocycles. The molecule has 0 saturated heterocycles. The van der Waals surface area contributed by atoms with Crippen molar-refractivity contribution < 1.29 is 14.6 Å². The van der Waals surface area contributed by atoms with Gasteiger partial charge in [0, 0.05) is 16.1 Å². The van der Waals surface area contributed by atoms with Gasteiger partial charge in [0.2, 0.25) is 0 Å². The van der Waals surface area contributed by atoms with Crippen molar-refractivity contribution in [3.05, 3.63) is 58.6 Å². The van der Waals surface area contributed by atoms with Gasteiger partial charge in [-0.1, -0.05) is 29.8 Å². The number of halogens is 1. The molecule has 0 spiro atoms. The maximum absolute atomic E-state index is 9.33. The number of hydrogen-bond donors (Lipinski definition) is 1. The molecule has 0 aromatic heterocycles. The van der Waals surface area contributed by atoms with Gasteiger partial charge in [-0.05, 0) is 24.3 Å². The number of benzene rings is 2. The standard InChI is InChI=1S/C16H15ClO3/c17-13-5-6-15(11(7-13)8-18)19-9-12-10-20-16-4-2-1-3-14(12)16/h1-7,12,18H,8-10H2. The Morgan fingerprint density at radius 2 is 2.10 bits per heavy atom. The Kier molecular flexibility index (Phi) is 3.81. The quantitative estimate of drug-likeness (QED) is 0.938. The molecular formula is C16H15ClO3. The summed E-state index contributed by atoms with van der Waals surface area (Å²) in [6.07, 6.45) is 0. The van der Waals surface area contributed by atoms with E-state index in [4.69, 9.17) is 21.1 Å². The van der Waals surface area contributed by atoms with Crippen LogP contribution in [0.3, 0.4) is 0 Å². The van der Waals surface area contributed by atoms with E-state index in [1.54, 1.807) is 18.2 Å². The Morgan fingerprint density at radius 1 is 1.25 bits per heavy atom. The Labute approximate surface area is 122 Å². The molecule has 0 bridgehead atoms. The Hall–Kier alpha value is -1.71. The van der Waals surface area contributed by atoms with Gasteiger partial charge >= 0.3 is 0 Å². The van der Waals surface area contributed by atoms with Gasteiger partial charge in [-0.25, -0.2) is 0 Å². The van der Waals surface area contributed by atoms with Crippen LogP contribution in [0.15, 0.2) is 42.5 Å². The van der Waals surface area contributed by atoms with Crippen LogP contribution in [0.25, 0.3) is 0 Å². The molecule has 0 amide bonds. The normalized spacial score (nSPS) is 16.6. The fourth-order valence-corrected chi connectivity index (χ4v) is 2.56. The highest BCUT2D eigenvalue weighted by atomic mass is 35.5. The molecule has 1 unspecified atom stereocenters. The van der Waals surface area contributed by atoms with E-state index >= 15 is 0 Å². The third-order valence-corrected chi connectivity index (χ3v) is 3.67. The van der Waals surface area contributed by atoms with Crippen molar-refractivity contribution in [1.82, 2.24) is 0 Å². The molecule has 1 heterocycles. The van der Waals surface area contributed by atoms with E-state index < -0.39 is 0 Å². The van der Waals surface area contributed by atoms with Crippen molar-refractivity contribution in [1.29, 1.82) is 0 Å². The lowest BCUT2D eigenvalue weighted by molar-refractivity contribution is 0.235. The van der Waals surface area contributed by atoms with Crippen LogP contribution in [0, 0.1) is 0 Å². The summed E-state index contributed by atoms with van der Waals surface area (Å²) in [5.41, 5.74) is 1.87. The van der Waals surface area contributed by atoms with Gasteiger partial charge in [-0.15, -0.1) is 0 Å². The minimum Gasteiger partial charge on any atom is -0.493 e. The van der Waals surface area contributed by atoms with Gasteiger partial charge < -0.3 is 14.6 Å². The van der Waals surface area contributed by atoms with Crippen molar-refractivity contribution in [3.8, 4) is 11.5 Å². The first-order chi connectivity index (χ1) is 9.78. The summed E-state index contributed by atoms with van der Waals surface area (Å²) in [6.45, 7) is 1.06. The van der Waals surface area contributed by atoms with Gasteiger partial charge in [-0.3, -0.25) is 0 Å². The highest BCUT2D eigenvalue weighted by Crippen LogP contribution is 2.34. The van der Waals surface area contributed by atoms with Crippen LogP contribution >= 0.6 is 11.6 Å². The van der Waals surface area contributed by atoms with Crippen molar-refractivity contribution in [2.75, 3.05) is 13.2 Å². The summed E-state index contributed by atoms with van der Waals surface area (Å²) in [4.78, 5) is 0. The Morgan fingerprint density at radius 3 is 2.95 bits per heavy atom. The molecule has 2 aromatic rings. The lowest BCUT2D eigenvalue weighted by atomic mass is 10.0. The summed E-state index contributed by atoms with van der Waals surface area (Å²) in [5, 5.41) is 9.92. The minimum atomic E-state index is -0.0896. The van der Waals surface area contributed by atoms with E-state index in [2.05, 4.69) is 6.07 Å². The zero-order valence-electron chi connectivity index (χ0n) is 10.9. The SMILES string of the molecule is OCc1cc(Cl)ccc1OCC1COc2ccccc21. The second kappa shape index (κ2) is 5.73. The molecule has 1 aliphatic heterocycles. The van der Waals surface area contributed by atoms with E-state index in [1.807, 2.05) is 18.2 Å². The molecule has 0 fully saturated rings. The van der Waals surface area contributed by atoms with Gasteiger partial charge in [-0.2, -0.15) is 0 Å². The summed E-state index contributed by atoms with van der Waals surface area (Å²) in [5.74, 6) is 1.81. The van der Waals surface area contributed by atoms with Crippen LogP contribution in [0.4, 0.5) is 0 Å². The molecule has 3 rings (SSSR count). The van der Waals surface area contributed by atoms with Gasteiger partial charge in [0.25, 0.3) is 0 Å². The molecule has 4 heteroatoms. The van der Waals surface area contributed by atoms with Gasteiger partial charge in [0.1, 0.15) is 11.5 Å².